The van der Waals surface area contributed by atoms with Gasteiger partial charge in [0.05, 0.1) is 12.1 Å². The molecule has 0 aromatic carbocycles. The molecule has 0 saturated carbocycles. The third-order valence-electron chi connectivity index (χ3n) is 2.52. The lowest BCUT2D eigenvalue weighted by Gasteiger charge is -2.21. The highest BCUT2D eigenvalue weighted by Crippen LogP contribution is 1.98. The summed E-state index contributed by atoms with van der Waals surface area (Å²) in [5, 5.41) is 15.5. The van der Waals surface area contributed by atoms with Crippen molar-refractivity contribution >= 4 is 5.91 Å². The molecule has 0 radical (unpaired) electrons. The van der Waals surface area contributed by atoms with E-state index in [2.05, 4.69) is 15.5 Å². The predicted octanol–water partition coefficient (Wildman–Crippen LogP) is -0.831. The maximum absolute atomic E-state index is 11.6. The van der Waals surface area contributed by atoms with E-state index < -0.39 is 5.60 Å². The minimum Gasteiger partial charge on any atom is -0.389 e. The van der Waals surface area contributed by atoms with E-state index in [9.17, 15) is 9.90 Å². The van der Waals surface area contributed by atoms with Crippen LogP contribution in [0.15, 0.2) is 0 Å². The molecule has 0 spiro atoms. The molecule has 1 aliphatic heterocycles. The molecule has 1 saturated heterocycles. The molecule has 16 heavy (non-hydrogen) atoms. The lowest BCUT2D eigenvalue weighted by molar-refractivity contribution is -0.123. The van der Waals surface area contributed by atoms with Gasteiger partial charge in [0.2, 0.25) is 5.91 Å². The van der Waals surface area contributed by atoms with Crippen LogP contribution in [0.25, 0.3) is 0 Å². The summed E-state index contributed by atoms with van der Waals surface area (Å²) in [6, 6.07) is 0. The topological polar surface area (TPSA) is 64.6 Å². The maximum Gasteiger partial charge on any atom is 0.234 e. The van der Waals surface area contributed by atoms with E-state index in [4.69, 9.17) is 0 Å². The molecule has 0 unspecified atom stereocenters. The van der Waals surface area contributed by atoms with Crippen molar-refractivity contribution in [3.8, 4) is 0 Å². The molecule has 3 N–H and O–H groups in total. The second-order valence-corrected chi connectivity index (χ2v) is 4.97. The van der Waals surface area contributed by atoms with Crippen molar-refractivity contribution in [2.24, 2.45) is 0 Å². The standard InChI is InChI=1S/C11H23N3O2/c1-11(2,16)9-13-10(15)8-14-6-3-4-12-5-7-14/h12,16H,3-9H2,1-2H3,(H,13,15). The molecule has 0 atom stereocenters. The Hall–Kier alpha value is -0.650. The minimum absolute atomic E-state index is 0.0102. The van der Waals surface area contributed by atoms with Gasteiger partial charge in [0.25, 0.3) is 0 Å². The SMILES string of the molecule is CC(C)(O)CNC(=O)CN1CCCNCC1. The third-order valence-corrected chi connectivity index (χ3v) is 2.52. The van der Waals surface area contributed by atoms with Gasteiger partial charge in [-0.2, -0.15) is 0 Å². The Morgan fingerprint density at radius 1 is 1.44 bits per heavy atom. The van der Waals surface area contributed by atoms with E-state index in [-0.39, 0.29) is 5.91 Å². The van der Waals surface area contributed by atoms with Gasteiger partial charge in [0, 0.05) is 19.6 Å². The fourth-order valence-electron chi connectivity index (χ4n) is 1.63. The molecule has 0 aromatic heterocycles. The molecule has 1 fully saturated rings. The van der Waals surface area contributed by atoms with Crippen molar-refractivity contribution < 1.29 is 9.90 Å². The van der Waals surface area contributed by atoms with Gasteiger partial charge in [0.15, 0.2) is 0 Å². The first kappa shape index (κ1) is 13.4. The molecular formula is C11H23N3O2. The molecular weight excluding hydrogens is 206 g/mol. The summed E-state index contributed by atoms with van der Waals surface area (Å²) in [4.78, 5) is 13.7. The summed E-state index contributed by atoms with van der Waals surface area (Å²) >= 11 is 0. The van der Waals surface area contributed by atoms with Crippen molar-refractivity contribution in [2.45, 2.75) is 25.9 Å². The van der Waals surface area contributed by atoms with Crippen LogP contribution in [0, 0.1) is 0 Å². The largest absolute Gasteiger partial charge is 0.389 e. The summed E-state index contributed by atoms with van der Waals surface area (Å²) < 4.78 is 0. The summed E-state index contributed by atoms with van der Waals surface area (Å²) in [5.41, 5.74) is -0.837. The zero-order chi connectivity index (χ0) is 12.0. The summed E-state index contributed by atoms with van der Waals surface area (Å²) in [6.07, 6.45) is 1.08. The lowest BCUT2D eigenvalue weighted by Crippen LogP contribution is -2.44. The Morgan fingerprint density at radius 2 is 2.19 bits per heavy atom. The van der Waals surface area contributed by atoms with Crippen molar-refractivity contribution in [1.29, 1.82) is 0 Å². The normalized spacial score (nSPS) is 19.2. The van der Waals surface area contributed by atoms with Crippen molar-refractivity contribution in [3.05, 3.63) is 0 Å². The number of nitrogens with one attached hydrogen (secondary N) is 2. The smallest absolute Gasteiger partial charge is 0.234 e. The molecule has 0 bridgehead atoms. The molecule has 0 aliphatic carbocycles. The van der Waals surface area contributed by atoms with E-state index in [0.29, 0.717) is 13.1 Å². The highest BCUT2D eigenvalue weighted by Gasteiger charge is 2.16. The number of hydrogen-bond acceptors (Lipinski definition) is 4. The molecule has 0 aromatic rings. The number of nitrogens with zero attached hydrogens (tertiary/aromatic N) is 1. The Balaban J connectivity index is 2.22. The first-order valence-electron chi connectivity index (χ1n) is 5.89. The molecule has 94 valence electrons. The number of rotatable bonds is 4. The Morgan fingerprint density at radius 3 is 2.88 bits per heavy atom. The highest BCUT2D eigenvalue weighted by atomic mass is 16.3. The number of aliphatic hydroxyl groups is 1. The molecule has 1 amide bonds. The van der Waals surface area contributed by atoms with Gasteiger partial charge in [-0.25, -0.2) is 0 Å². The van der Waals surface area contributed by atoms with Crippen LogP contribution < -0.4 is 10.6 Å². The van der Waals surface area contributed by atoms with Gasteiger partial charge < -0.3 is 15.7 Å². The van der Waals surface area contributed by atoms with Crippen molar-refractivity contribution in [1.82, 2.24) is 15.5 Å². The first-order chi connectivity index (χ1) is 7.47. The fraction of sp³-hybridized carbons (Fsp3) is 0.909. The van der Waals surface area contributed by atoms with Gasteiger partial charge >= 0.3 is 0 Å². The quantitative estimate of drug-likeness (QED) is 0.589. The fourth-order valence-corrected chi connectivity index (χ4v) is 1.63. The van der Waals surface area contributed by atoms with E-state index in [1.54, 1.807) is 13.8 Å². The maximum atomic E-state index is 11.6. The summed E-state index contributed by atoms with van der Waals surface area (Å²) in [6.45, 7) is 7.95. The van der Waals surface area contributed by atoms with Gasteiger partial charge in [-0.05, 0) is 33.4 Å². The highest BCUT2D eigenvalue weighted by molar-refractivity contribution is 5.78. The Labute approximate surface area is 97.2 Å². The third kappa shape index (κ3) is 6.05. The molecule has 1 rings (SSSR count). The second kappa shape index (κ2) is 6.18. The number of carbonyl (C=O) groups is 1. The van der Waals surface area contributed by atoms with E-state index in [1.165, 1.54) is 0 Å². The zero-order valence-electron chi connectivity index (χ0n) is 10.3. The van der Waals surface area contributed by atoms with Crippen LogP contribution >= 0.6 is 0 Å². The van der Waals surface area contributed by atoms with Crippen LogP contribution in [0.5, 0.6) is 0 Å². The molecule has 5 nitrogen and oxygen atoms in total. The van der Waals surface area contributed by atoms with Crippen molar-refractivity contribution in [3.63, 3.8) is 0 Å². The average Bonchev–Trinajstić information content (AvgIpc) is 2.42. The van der Waals surface area contributed by atoms with Crippen LogP contribution in [0.1, 0.15) is 20.3 Å². The van der Waals surface area contributed by atoms with Crippen LogP contribution in [-0.4, -0.2) is 60.8 Å². The van der Waals surface area contributed by atoms with E-state index in [1.807, 2.05) is 0 Å². The zero-order valence-corrected chi connectivity index (χ0v) is 10.3. The van der Waals surface area contributed by atoms with Gasteiger partial charge in [0.1, 0.15) is 0 Å². The second-order valence-electron chi connectivity index (χ2n) is 4.97. The Bertz CT molecular complexity index is 218. The monoisotopic (exact) mass is 229 g/mol. The van der Waals surface area contributed by atoms with E-state index in [0.717, 1.165) is 32.6 Å². The summed E-state index contributed by atoms with van der Waals surface area (Å²) in [5.74, 6) is -0.0102. The summed E-state index contributed by atoms with van der Waals surface area (Å²) in [7, 11) is 0. The average molecular weight is 229 g/mol. The van der Waals surface area contributed by atoms with Crippen LogP contribution in [-0.2, 0) is 4.79 Å². The van der Waals surface area contributed by atoms with Gasteiger partial charge in [-0.15, -0.1) is 0 Å². The van der Waals surface area contributed by atoms with Gasteiger partial charge in [-0.3, -0.25) is 9.69 Å². The van der Waals surface area contributed by atoms with Crippen molar-refractivity contribution in [2.75, 3.05) is 39.3 Å². The lowest BCUT2D eigenvalue weighted by atomic mass is 10.1. The van der Waals surface area contributed by atoms with Crippen LogP contribution in [0.4, 0.5) is 0 Å². The molecule has 1 heterocycles. The van der Waals surface area contributed by atoms with E-state index >= 15 is 0 Å². The number of carbonyl (C=O) groups excluding carboxylic acids is 1. The molecule has 1 aliphatic rings. The van der Waals surface area contributed by atoms with Gasteiger partial charge in [-0.1, -0.05) is 0 Å². The molecule has 5 heteroatoms. The van der Waals surface area contributed by atoms with Crippen LogP contribution in [0.2, 0.25) is 0 Å². The first-order valence-corrected chi connectivity index (χ1v) is 5.89. The number of amides is 1. The Kier molecular flexibility index (Phi) is 5.18. The predicted molar refractivity (Wildman–Crippen MR) is 63.2 cm³/mol. The van der Waals surface area contributed by atoms with Crippen LogP contribution in [0.3, 0.4) is 0 Å². The minimum atomic E-state index is -0.837. The number of hydrogen-bond donors (Lipinski definition) is 3.